The van der Waals surface area contributed by atoms with Crippen LogP contribution in [-0.2, 0) is 6.61 Å². The van der Waals surface area contributed by atoms with Gasteiger partial charge in [0.2, 0.25) is 0 Å². The fourth-order valence-electron chi connectivity index (χ4n) is 1.42. The molecule has 0 aliphatic heterocycles. The summed E-state index contributed by atoms with van der Waals surface area (Å²) in [4.78, 5) is 10.4. The number of nitrogens with zero attached hydrogens (tertiary/aromatic N) is 3. The molecule has 0 spiro atoms. The first-order valence-corrected chi connectivity index (χ1v) is 5.05. The molecule has 1 rings (SSSR count). The molecular formula is C11H19N3O. The van der Waals surface area contributed by atoms with Crippen molar-refractivity contribution < 1.29 is 5.11 Å². The molecule has 15 heavy (non-hydrogen) atoms. The van der Waals surface area contributed by atoms with Gasteiger partial charge in [-0.1, -0.05) is 20.8 Å². The van der Waals surface area contributed by atoms with Crippen molar-refractivity contribution in [2.24, 2.45) is 5.41 Å². The second-order valence-corrected chi connectivity index (χ2v) is 4.94. The molecule has 1 aromatic rings. The van der Waals surface area contributed by atoms with Gasteiger partial charge in [0.25, 0.3) is 0 Å². The zero-order valence-electron chi connectivity index (χ0n) is 9.86. The number of aromatic nitrogens is 2. The Balaban J connectivity index is 2.70. The second-order valence-electron chi connectivity index (χ2n) is 4.94. The van der Waals surface area contributed by atoms with Gasteiger partial charge in [-0.2, -0.15) is 0 Å². The minimum Gasteiger partial charge on any atom is -0.390 e. The fourth-order valence-corrected chi connectivity index (χ4v) is 1.42. The van der Waals surface area contributed by atoms with E-state index in [1.807, 2.05) is 7.05 Å². The van der Waals surface area contributed by atoms with Crippen LogP contribution >= 0.6 is 0 Å². The Labute approximate surface area is 91.0 Å². The molecule has 84 valence electrons. The number of hydrogen-bond acceptors (Lipinski definition) is 4. The van der Waals surface area contributed by atoms with Crippen LogP contribution in [0.4, 0.5) is 5.82 Å². The van der Waals surface area contributed by atoms with Gasteiger partial charge in [-0.3, -0.25) is 4.98 Å². The summed E-state index contributed by atoms with van der Waals surface area (Å²) in [6.45, 7) is 7.40. The average Bonchev–Trinajstić information content (AvgIpc) is 2.15. The molecule has 4 heteroatoms. The molecule has 0 unspecified atom stereocenters. The molecule has 0 saturated carbocycles. The van der Waals surface area contributed by atoms with Gasteiger partial charge in [0.05, 0.1) is 24.7 Å². The molecule has 0 aliphatic carbocycles. The SMILES string of the molecule is CN(CC(C)(C)C)c1cnc(CO)cn1. The third kappa shape index (κ3) is 3.83. The quantitative estimate of drug-likeness (QED) is 0.818. The van der Waals surface area contributed by atoms with Crippen LogP contribution < -0.4 is 4.90 Å². The summed E-state index contributed by atoms with van der Waals surface area (Å²) in [6.07, 6.45) is 3.30. The Bertz CT molecular complexity index is 303. The van der Waals surface area contributed by atoms with Crippen LogP contribution in [0.2, 0.25) is 0 Å². The number of hydrogen-bond donors (Lipinski definition) is 1. The highest BCUT2D eigenvalue weighted by Gasteiger charge is 2.14. The van der Waals surface area contributed by atoms with Crippen LogP contribution in [0.15, 0.2) is 12.4 Å². The predicted octanol–water partition coefficient (Wildman–Crippen LogP) is 1.45. The molecule has 1 aromatic heterocycles. The Kier molecular flexibility index (Phi) is 3.63. The van der Waals surface area contributed by atoms with Crippen LogP contribution in [0.25, 0.3) is 0 Å². The van der Waals surface area contributed by atoms with Crippen LogP contribution in [0.3, 0.4) is 0 Å². The molecule has 1 heterocycles. The molecule has 0 amide bonds. The van der Waals surface area contributed by atoms with E-state index in [0.717, 1.165) is 12.4 Å². The number of anilines is 1. The molecule has 0 fully saturated rings. The van der Waals surface area contributed by atoms with Crippen molar-refractivity contribution >= 4 is 5.82 Å². The number of aliphatic hydroxyl groups excluding tert-OH is 1. The normalized spacial score (nSPS) is 11.5. The topological polar surface area (TPSA) is 49.2 Å². The molecule has 4 nitrogen and oxygen atoms in total. The van der Waals surface area contributed by atoms with Crippen LogP contribution in [-0.4, -0.2) is 28.7 Å². The van der Waals surface area contributed by atoms with E-state index in [0.29, 0.717) is 5.69 Å². The Hall–Kier alpha value is -1.16. The lowest BCUT2D eigenvalue weighted by atomic mass is 9.96. The standard InChI is InChI=1S/C11H19N3O/c1-11(2,3)8-14(4)10-6-12-9(7-15)5-13-10/h5-6,15H,7-8H2,1-4H3. The van der Waals surface area contributed by atoms with Gasteiger partial charge >= 0.3 is 0 Å². The van der Waals surface area contributed by atoms with E-state index in [1.165, 1.54) is 0 Å². The third-order valence-corrected chi connectivity index (χ3v) is 1.96. The minimum atomic E-state index is -0.0593. The van der Waals surface area contributed by atoms with Gasteiger partial charge < -0.3 is 10.0 Å². The highest BCUT2D eigenvalue weighted by Crippen LogP contribution is 2.17. The van der Waals surface area contributed by atoms with Crippen molar-refractivity contribution in [3.63, 3.8) is 0 Å². The zero-order chi connectivity index (χ0) is 11.5. The fraction of sp³-hybridized carbons (Fsp3) is 0.636. The number of aliphatic hydroxyl groups is 1. The summed E-state index contributed by atoms with van der Waals surface area (Å²) in [7, 11) is 1.99. The molecule has 0 atom stereocenters. The monoisotopic (exact) mass is 209 g/mol. The summed E-state index contributed by atoms with van der Waals surface area (Å²) < 4.78 is 0. The molecule has 1 N–H and O–H groups in total. The highest BCUT2D eigenvalue weighted by atomic mass is 16.3. The summed E-state index contributed by atoms with van der Waals surface area (Å²) in [5.41, 5.74) is 0.828. The maximum absolute atomic E-state index is 8.84. The Morgan fingerprint density at radius 3 is 2.33 bits per heavy atom. The van der Waals surface area contributed by atoms with Gasteiger partial charge in [0.15, 0.2) is 0 Å². The lowest BCUT2D eigenvalue weighted by molar-refractivity contribution is 0.276. The first kappa shape index (κ1) is 11.9. The molecule has 0 bridgehead atoms. The molecule has 0 saturated heterocycles. The Morgan fingerprint density at radius 1 is 1.27 bits per heavy atom. The lowest BCUT2D eigenvalue weighted by Crippen LogP contribution is -2.29. The van der Waals surface area contributed by atoms with Crippen molar-refractivity contribution in [3.05, 3.63) is 18.1 Å². The van der Waals surface area contributed by atoms with Gasteiger partial charge in [0, 0.05) is 13.6 Å². The van der Waals surface area contributed by atoms with Crippen molar-refractivity contribution in [2.45, 2.75) is 27.4 Å². The average molecular weight is 209 g/mol. The highest BCUT2D eigenvalue weighted by molar-refractivity contribution is 5.34. The summed E-state index contributed by atoms with van der Waals surface area (Å²) in [5, 5.41) is 8.84. The minimum absolute atomic E-state index is 0.0593. The molecule has 0 aliphatic rings. The van der Waals surface area contributed by atoms with E-state index >= 15 is 0 Å². The molecule has 0 radical (unpaired) electrons. The smallest absolute Gasteiger partial charge is 0.146 e. The molecular weight excluding hydrogens is 190 g/mol. The summed E-state index contributed by atoms with van der Waals surface area (Å²) >= 11 is 0. The van der Waals surface area contributed by atoms with Crippen LogP contribution in [0.5, 0.6) is 0 Å². The van der Waals surface area contributed by atoms with Gasteiger partial charge in [-0.25, -0.2) is 4.98 Å². The summed E-state index contributed by atoms with van der Waals surface area (Å²) in [5.74, 6) is 0.835. The first-order chi connectivity index (χ1) is 6.92. The first-order valence-electron chi connectivity index (χ1n) is 5.05. The van der Waals surface area contributed by atoms with E-state index in [1.54, 1.807) is 12.4 Å². The van der Waals surface area contributed by atoms with E-state index in [9.17, 15) is 0 Å². The van der Waals surface area contributed by atoms with E-state index in [4.69, 9.17) is 5.11 Å². The second kappa shape index (κ2) is 4.57. The summed E-state index contributed by atoms with van der Waals surface area (Å²) in [6, 6.07) is 0. The third-order valence-electron chi connectivity index (χ3n) is 1.96. The van der Waals surface area contributed by atoms with Crippen molar-refractivity contribution in [1.29, 1.82) is 0 Å². The predicted molar refractivity (Wildman–Crippen MR) is 60.7 cm³/mol. The largest absolute Gasteiger partial charge is 0.390 e. The van der Waals surface area contributed by atoms with E-state index in [-0.39, 0.29) is 12.0 Å². The van der Waals surface area contributed by atoms with Gasteiger partial charge in [-0.05, 0) is 5.41 Å². The number of rotatable bonds is 3. The maximum Gasteiger partial charge on any atom is 0.146 e. The maximum atomic E-state index is 8.84. The van der Waals surface area contributed by atoms with Gasteiger partial charge in [0.1, 0.15) is 5.82 Å². The van der Waals surface area contributed by atoms with Crippen molar-refractivity contribution in [2.75, 3.05) is 18.5 Å². The molecule has 0 aromatic carbocycles. The zero-order valence-corrected chi connectivity index (χ0v) is 9.86. The Morgan fingerprint density at radius 2 is 1.93 bits per heavy atom. The lowest BCUT2D eigenvalue weighted by Gasteiger charge is -2.27. The van der Waals surface area contributed by atoms with Crippen molar-refractivity contribution in [3.8, 4) is 0 Å². The van der Waals surface area contributed by atoms with E-state index in [2.05, 4.69) is 35.6 Å². The van der Waals surface area contributed by atoms with Crippen LogP contribution in [0, 0.1) is 5.41 Å². The van der Waals surface area contributed by atoms with Gasteiger partial charge in [-0.15, -0.1) is 0 Å². The van der Waals surface area contributed by atoms with Crippen LogP contribution in [0.1, 0.15) is 26.5 Å². The van der Waals surface area contributed by atoms with Crippen molar-refractivity contribution in [1.82, 2.24) is 9.97 Å². The van der Waals surface area contributed by atoms with E-state index < -0.39 is 0 Å².